The van der Waals surface area contributed by atoms with Crippen LogP contribution in [-0.4, -0.2) is 32.2 Å². The van der Waals surface area contributed by atoms with Crippen LogP contribution >= 0.6 is 0 Å². The van der Waals surface area contributed by atoms with Gasteiger partial charge in [-0.3, -0.25) is 0 Å². The molecule has 0 unspecified atom stereocenters. The molecule has 6 heteroatoms. The number of hydrogen-bond donors (Lipinski definition) is 1. The zero-order valence-electron chi connectivity index (χ0n) is 9.04. The summed E-state index contributed by atoms with van der Waals surface area (Å²) >= 11 is 0. The lowest BCUT2D eigenvalue weighted by molar-refractivity contribution is 0.133. The van der Waals surface area contributed by atoms with Gasteiger partial charge in [0.1, 0.15) is 0 Å². The molecular weight excluding hydrogens is 222 g/mol. The second-order valence-electron chi connectivity index (χ2n) is 3.91. The van der Waals surface area contributed by atoms with E-state index in [1.807, 2.05) is 16.7 Å². The number of carbonyl (C=O) groups is 1. The SMILES string of the molecule is O=C(O)N1CCn2c(cnc2-c2ccco2)C1. The summed E-state index contributed by atoms with van der Waals surface area (Å²) in [7, 11) is 0. The van der Waals surface area contributed by atoms with E-state index in [2.05, 4.69) is 4.98 Å². The summed E-state index contributed by atoms with van der Waals surface area (Å²) in [4.78, 5) is 16.5. The Labute approximate surface area is 97.1 Å². The molecule has 0 spiro atoms. The molecule has 1 aliphatic heterocycles. The van der Waals surface area contributed by atoms with Crippen molar-refractivity contribution in [1.29, 1.82) is 0 Å². The minimum Gasteiger partial charge on any atom is -0.465 e. The van der Waals surface area contributed by atoms with Crippen LogP contribution in [0.15, 0.2) is 29.0 Å². The molecule has 6 nitrogen and oxygen atoms in total. The highest BCUT2D eigenvalue weighted by Gasteiger charge is 2.23. The Kier molecular flexibility index (Phi) is 2.14. The van der Waals surface area contributed by atoms with Gasteiger partial charge in [0.25, 0.3) is 0 Å². The van der Waals surface area contributed by atoms with Crippen LogP contribution < -0.4 is 0 Å². The fraction of sp³-hybridized carbons (Fsp3) is 0.273. The number of furan rings is 1. The average molecular weight is 233 g/mol. The third kappa shape index (κ3) is 1.57. The normalized spacial score (nSPS) is 14.7. The Morgan fingerprint density at radius 2 is 2.35 bits per heavy atom. The van der Waals surface area contributed by atoms with Crippen molar-refractivity contribution < 1.29 is 14.3 Å². The van der Waals surface area contributed by atoms with Crippen LogP contribution in [0.4, 0.5) is 4.79 Å². The summed E-state index contributed by atoms with van der Waals surface area (Å²) in [6, 6.07) is 3.66. The van der Waals surface area contributed by atoms with Gasteiger partial charge in [-0.1, -0.05) is 0 Å². The second kappa shape index (κ2) is 3.65. The molecule has 3 rings (SSSR count). The number of nitrogens with zero attached hydrogens (tertiary/aromatic N) is 3. The fourth-order valence-electron chi connectivity index (χ4n) is 2.05. The highest BCUT2D eigenvalue weighted by atomic mass is 16.4. The van der Waals surface area contributed by atoms with Crippen LogP contribution in [0.3, 0.4) is 0 Å². The number of fused-ring (bicyclic) bond motifs is 1. The molecule has 0 fully saturated rings. The Bertz CT molecular complexity index is 544. The first-order valence-corrected chi connectivity index (χ1v) is 5.32. The predicted molar refractivity (Wildman–Crippen MR) is 58.4 cm³/mol. The van der Waals surface area contributed by atoms with Crippen molar-refractivity contribution in [2.75, 3.05) is 6.54 Å². The molecule has 2 aromatic heterocycles. The number of carboxylic acid groups (broad SMARTS) is 1. The second-order valence-corrected chi connectivity index (χ2v) is 3.91. The van der Waals surface area contributed by atoms with Crippen LogP contribution in [0.5, 0.6) is 0 Å². The molecule has 1 aliphatic rings. The first kappa shape index (κ1) is 9.95. The predicted octanol–water partition coefficient (Wildman–Crippen LogP) is 1.64. The number of amides is 1. The van der Waals surface area contributed by atoms with Crippen LogP contribution in [-0.2, 0) is 13.1 Å². The van der Waals surface area contributed by atoms with Gasteiger partial charge in [-0.05, 0) is 12.1 Å². The van der Waals surface area contributed by atoms with Gasteiger partial charge < -0.3 is 19.0 Å². The highest BCUT2D eigenvalue weighted by molar-refractivity contribution is 5.65. The molecule has 1 amide bonds. The van der Waals surface area contributed by atoms with Gasteiger partial charge in [0.2, 0.25) is 0 Å². The summed E-state index contributed by atoms with van der Waals surface area (Å²) in [6.45, 7) is 1.47. The van der Waals surface area contributed by atoms with Gasteiger partial charge in [-0.25, -0.2) is 9.78 Å². The van der Waals surface area contributed by atoms with Gasteiger partial charge in [0, 0.05) is 13.1 Å². The van der Waals surface area contributed by atoms with E-state index in [0.717, 1.165) is 11.5 Å². The van der Waals surface area contributed by atoms with Crippen molar-refractivity contribution >= 4 is 6.09 Å². The lowest BCUT2D eigenvalue weighted by Gasteiger charge is -2.26. The Hall–Kier alpha value is -2.24. The van der Waals surface area contributed by atoms with Crippen molar-refractivity contribution in [1.82, 2.24) is 14.5 Å². The van der Waals surface area contributed by atoms with Crippen LogP contribution in [0.2, 0.25) is 0 Å². The first-order valence-electron chi connectivity index (χ1n) is 5.32. The van der Waals surface area contributed by atoms with Crippen LogP contribution in [0, 0.1) is 0 Å². The maximum Gasteiger partial charge on any atom is 0.407 e. The van der Waals surface area contributed by atoms with E-state index in [-0.39, 0.29) is 0 Å². The van der Waals surface area contributed by atoms with Crippen LogP contribution in [0.25, 0.3) is 11.6 Å². The van der Waals surface area contributed by atoms with Gasteiger partial charge in [-0.2, -0.15) is 0 Å². The molecule has 3 heterocycles. The maximum atomic E-state index is 10.9. The molecule has 88 valence electrons. The number of aromatic nitrogens is 2. The molecule has 0 aliphatic carbocycles. The molecule has 0 atom stereocenters. The van der Waals surface area contributed by atoms with Crippen molar-refractivity contribution in [3.8, 4) is 11.6 Å². The zero-order valence-corrected chi connectivity index (χ0v) is 9.04. The highest BCUT2D eigenvalue weighted by Crippen LogP contribution is 2.23. The van der Waals surface area contributed by atoms with E-state index in [4.69, 9.17) is 9.52 Å². The lowest BCUT2D eigenvalue weighted by Crippen LogP contribution is -2.37. The minimum absolute atomic E-state index is 0.378. The molecule has 0 bridgehead atoms. The van der Waals surface area contributed by atoms with Crippen LogP contribution in [0.1, 0.15) is 5.69 Å². The molecule has 0 saturated carbocycles. The average Bonchev–Trinajstić information content (AvgIpc) is 2.96. The van der Waals surface area contributed by atoms with Crippen molar-refractivity contribution in [3.05, 3.63) is 30.3 Å². The molecule has 2 aromatic rings. The third-order valence-electron chi connectivity index (χ3n) is 2.90. The van der Waals surface area contributed by atoms with Crippen molar-refractivity contribution in [2.45, 2.75) is 13.1 Å². The summed E-state index contributed by atoms with van der Waals surface area (Å²) in [5.74, 6) is 1.47. The van der Waals surface area contributed by atoms with E-state index in [1.165, 1.54) is 4.90 Å². The Morgan fingerprint density at radius 3 is 3.06 bits per heavy atom. The fourth-order valence-corrected chi connectivity index (χ4v) is 2.05. The molecule has 0 saturated heterocycles. The number of imidazole rings is 1. The lowest BCUT2D eigenvalue weighted by atomic mass is 10.3. The van der Waals surface area contributed by atoms with E-state index in [1.54, 1.807) is 12.5 Å². The summed E-state index contributed by atoms with van der Waals surface area (Å²) < 4.78 is 7.30. The molecule has 17 heavy (non-hydrogen) atoms. The van der Waals surface area contributed by atoms with E-state index >= 15 is 0 Å². The van der Waals surface area contributed by atoms with E-state index < -0.39 is 6.09 Å². The largest absolute Gasteiger partial charge is 0.465 e. The molecule has 1 N–H and O–H groups in total. The van der Waals surface area contributed by atoms with Gasteiger partial charge >= 0.3 is 6.09 Å². The minimum atomic E-state index is -0.892. The first-order chi connectivity index (χ1) is 8.25. The standard InChI is InChI=1S/C11H11N3O3/c15-11(16)13-3-4-14-8(7-13)6-12-10(14)9-2-1-5-17-9/h1-2,5-6H,3-4,7H2,(H,15,16). The quantitative estimate of drug-likeness (QED) is 0.812. The van der Waals surface area contributed by atoms with Gasteiger partial charge in [-0.15, -0.1) is 0 Å². The smallest absolute Gasteiger partial charge is 0.407 e. The Balaban J connectivity index is 1.95. The summed E-state index contributed by atoms with van der Waals surface area (Å²) in [6.07, 6.45) is 2.41. The van der Waals surface area contributed by atoms with Gasteiger partial charge in [0.05, 0.1) is 24.7 Å². The molecule has 0 aromatic carbocycles. The van der Waals surface area contributed by atoms with Crippen molar-refractivity contribution in [2.24, 2.45) is 0 Å². The zero-order chi connectivity index (χ0) is 11.8. The van der Waals surface area contributed by atoms with Crippen molar-refractivity contribution in [3.63, 3.8) is 0 Å². The Morgan fingerprint density at radius 1 is 1.47 bits per heavy atom. The van der Waals surface area contributed by atoms with E-state index in [9.17, 15) is 4.79 Å². The molecule has 0 radical (unpaired) electrons. The summed E-state index contributed by atoms with van der Waals surface area (Å²) in [5, 5.41) is 8.93. The third-order valence-corrected chi connectivity index (χ3v) is 2.90. The maximum absolute atomic E-state index is 10.9. The monoisotopic (exact) mass is 233 g/mol. The number of hydrogen-bond acceptors (Lipinski definition) is 3. The van der Waals surface area contributed by atoms with Gasteiger partial charge in [0.15, 0.2) is 11.6 Å². The number of rotatable bonds is 1. The van der Waals surface area contributed by atoms with E-state index in [0.29, 0.717) is 25.4 Å². The molecular formula is C11H11N3O3. The summed E-state index contributed by atoms with van der Waals surface area (Å²) in [5.41, 5.74) is 0.894. The topological polar surface area (TPSA) is 71.5 Å².